The predicted octanol–water partition coefficient (Wildman–Crippen LogP) is 0.995. The van der Waals surface area contributed by atoms with E-state index >= 15 is 0 Å². The molecule has 2 atom stereocenters. The van der Waals surface area contributed by atoms with Crippen molar-refractivity contribution < 1.29 is 4.79 Å². The molecule has 2 unspecified atom stereocenters. The number of hydrogen-bond donors (Lipinski definition) is 1. The molecule has 1 amide bonds. The molecule has 1 fully saturated rings. The number of likely N-dealkylation sites (tertiary alicyclic amines) is 1. The SMILES string of the molecule is CC1CCCC(C)[15N]1C[13C](=O)N[13CH3]. The van der Waals surface area contributed by atoms with Crippen LogP contribution in [0.3, 0.4) is 0 Å². The first kappa shape index (κ1) is 10.5. The molecule has 1 aliphatic rings. The molecular weight excluding hydrogens is 167 g/mol. The molecule has 1 N–H and O–H groups in total. The van der Waals surface area contributed by atoms with E-state index in [-0.39, 0.29) is 5.91 Å². The van der Waals surface area contributed by atoms with Gasteiger partial charge in [-0.05, 0) is 26.7 Å². The van der Waals surface area contributed by atoms with Crippen LogP contribution in [-0.4, -0.2) is 36.5 Å². The lowest BCUT2D eigenvalue weighted by Gasteiger charge is -2.38. The van der Waals surface area contributed by atoms with Gasteiger partial charge >= 0.3 is 0 Å². The number of carbonyl (C=O) groups excluding carboxylic acids is 1. The summed E-state index contributed by atoms with van der Waals surface area (Å²) in [5.41, 5.74) is 0. The van der Waals surface area contributed by atoms with E-state index in [9.17, 15) is 4.79 Å². The highest BCUT2D eigenvalue weighted by molar-refractivity contribution is 5.77. The Morgan fingerprint density at radius 3 is 2.38 bits per heavy atom. The Balaban J connectivity index is 2.48. The van der Waals surface area contributed by atoms with Crippen molar-refractivity contribution >= 4 is 5.91 Å². The maximum Gasteiger partial charge on any atom is 0.233 e. The number of nitrogens with one attached hydrogen (secondary N) is 1. The monoisotopic (exact) mass is 187 g/mol. The van der Waals surface area contributed by atoms with Gasteiger partial charge in [-0.25, -0.2) is 0 Å². The van der Waals surface area contributed by atoms with E-state index in [0.29, 0.717) is 18.6 Å². The van der Waals surface area contributed by atoms with Gasteiger partial charge in [0.1, 0.15) is 0 Å². The van der Waals surface area contributed by atoms with Crippen LogP contribution >= 0.6 is 0 Å². The van der Waals surface area contributed by atoms with E-state index in [4.69, 9.17) is 0 Å². The topological polar surface area (TPSA) is 32.3 Å². The molecule has 1 heterocycles. The van der Waals surface area contributed by atoms with Crippen molar-refractivity contribution in [1.82, 2.24) is 10.2 Å². The van der Waals surface area contributed by atoms with Gasteiger partial charge in [-0.2, -0.15) is 0 Å². The number of nitrogens with zero attached hydrogens (tertiary/aromatic N) is 1. The maximum absolute atomic E-state index is 11.2. The van der Waals surface area contributed by atoms with Crippen LogP contribution in [0, 0.1) is 0 Å². The predicted molar refractivity (Wildman–Crippen MR) is 53.5 cm³/mol. The molecule has 0 bridgehead atoms. The van der Waals surface area contributed by atoms with Gasteiger partial charge in [0.15, 0.2) is 0 Å². The van der Waals surface area contributed by atoms with Crippen LogP contribution in [0.5, 0.6) is 0 Å². The van der Waals surface area contributed by atoms with Gasteiger partial charge in [0.25, 0.3) is 0 Å². The van der Waals surface area contributed by atoms with Gasteiger partial charge in [0.2, 0.25) is 5.91 Å². The van der Waals surface area contributed by atoms with Crippen molar-refractivity contribution in [3.63, 3.8) is 0 Å². The van der Waals surface area contributed by atoms with Crippen LogP contribution in [0.2, 0.25) is 0 Å². The van der Waals surface area contributed by atoms with Gasteiger partial charge in [0.05, 0.1) is 6.54 Å². The lowest BCUT2D eigenvalue weighted by atomic mass is 10.0. The first-order valence-electron chi connectivity index (χ1n) is 5.11. The molecule has 76 valence electrons. The van der Waals surface area contributed by atoms with E-state index < -0.39 is 0 Å². The summed E-state index contributed by atoms with van der Waals surface area (Å²) in [4.78, 5) is 13.5. The number of carbonyl (C=O) groups is 1. The highest BCUT2D eigenvalue weighted by atomic mass is 16.2. The summed E-state index contributed by atoms with van der Waals surface area (Å²) < 4.78 is 0. The highest BCUT2D eigenvalue weighted by Gasteiger charge is 2.25. The zero-order valence-corrected chi connectivity index (χ0v) is 8.84. The quantitative estimate of drug-likeness (QED) is 0.516. The summed E-state index contributed by atoms with van der Waals surface area (Å²) >= 11 is 0. The van der Waals surface area contributed by atoms with Crippen LogP contribution in [0.15, 0.2) is 0 Å². The average Bonchev–Trinajstić information content (AvgIpc) is 2.11. The van der Waals surface area contributed by atoms with E-state index in [0.717, 1.165) is 0 Å². The van der Waals surface area contributed by atoms with Gasteiger partial charge in [-0.3, -0.25) is 9.69 Å². The first-order chi connectivity index (χ1) is 6.15. The molecule has 1 saturated heterocycles. The van der Waals surface area contributed by atoms with Crippen LogP contribution in [0.25, 0.3) is 0 Å². The van der Waals surface area contributed by atoms with Crippen molar-refractivity contribution in [2.45, 2.75) is 45.2 Å². The van der Waals surface area contributed by atoms with Crippen LogP contribution in [-0.2, 0) is 4.79 Å². The van der Waals surface area contributed by atoms with Gasteiger partial charge in [-0.15, -0.1) is 0 Å². The molecule has 13 heavy (non-hydrogen) atoms. The normalized spacial score (nSPS) is 30.1. The lowest BCUT2D eigenvalue weighted by molar-refractivity contribution is -0.123. The summed E-state index contributed by atoms with van der Waals surface area (Å²) in [7, 11) is 1.70. The molecule has 1 rings (SSSR count). The molecule has 0 aliphatic carbocycles. The third-order valence-corrected chi connectivity index (χ3v) is 2.98. The number of hydrogen-bond acceptors (Lipinski definition) is 2. The van der Waals surface area contributed by atoms with Crippen molar-refractivity contribution in [3.05, 3.63) is 0 Å². The van der Waals surface area contributed by atoms with Gasteiger partial charge in [0, 0.05) is 19.1 Å². The standard InChI is InChI=1S/C10H20N2O/c1-8-5-4-6-9(2)12(8)7-10(13)11-3/h8-9H,4-7H2,1-3H3,(H,11,13)/i3+1,10+1,12+1. The molecule has 0 aromatic carbocycles. The van der Waals surface area contributed by atoms with Crippen molar-refractivity contribution in [2.24, 2.45) is 0 Å². The molecule has 1 aliphatic heterocycles. The Morgan fingerprint density at radius 2 is 1.92 bits per heavy atom. The van der Waals surface area contributed by atoms with Crippen molar-refractivity contribution in [3.8, 4) is 0 Å². The molecule has 0 saturated carbocycles. The lowest BCUT2D eigenvalue weighted by Crippen LogP contribution is -2.48. The molecule has 0 spiro atoms. The number of rotatable bonds is 2. The van der Waals surface area contributed by atoms with E-state index in [1.54, 1.807) is 7.05 Å². The third-order valence-electron chi connectivity index (χ3n) is 2.98. The summed E-state index contributed by atoms with van der Waals surface area (Å²) in [5.74, 6) is 0.126. The number of piperidine rings is 1. The Hall–Kier alpha value is -0.570. The molecule has 3 nitrogen and oxygen atoms in total. The van der Waals surface area contributed by atoms with E-state index in [1.165, 1.54) is 19.3 Å². The first-order valence-corrected chi connectivity index (χ1v) is 5.11. The fourth-order valence-corrected chi connectivity index (χ4v) is 2.03. The average molecular weight is 187 g/mol. The molecule has 0 aromatic heterocycles. The minimum atomic E-state index is 0.126. The van der Waals surface area contributed by atoms with E-state index in [1.807, 2.05) is 0 Å². The minimum Gasteiger partial charge on any atom is -0.358 e. The fourth-order valence-electron chi connectivity index (χ4n) is 2.03. The zero-order chi connectivity index (χ0) is 9.84. The van der Waals surface area contributed by atoms with Crippen molar-refractivity contribution in [2.75, 3.05) is 13.6 Å². The van der Waals surface area contributed by atoms with E-state index in [2.05, 4.69) is 24.1 Å². The Morgan fingerprint density at radius 1 is 1.38 bits per heavy atom. The number of likely N-dealkylation sites (N-methyl/N-ethyl adjacent to an activating group) is 1. The van der Waals surface area contributed by atoms with Gasteiger partial charge < -0.3 is 5.32 Å². The van der Waals surface area contributed by atoms with Crippen LogP contribution in [0.4, 0.5) is 0 Å². The summed E-state index contributed by atoms with van der Waals surface area (Å²) in [6.07, 6.45) is 3.75. The second-order valence-electron chi connectivity index (χ2n) is 3.97. The summed E-state index contributed by atoms with van der Waals surface area (Å²) in [5, 5.41) is 2.67. The summed E-state index contributed by atoms with van der Waals surface area (Å²) in [6, 6.07) is 1.11. The third kappa shape index (κ3) is 2.69. The summed E-state index contributed by atoms with van der Waals surface area (Å²) in [6.45, 7) is 4.97. The Kier molecular flexibility index (Phi) is 3.72. The largest absolute Gasteiger partial charge is 0.358 e. The second kappa shape index (κ2) is 4.61. The molecular formula is C10H20N2O. The Labute approximate surface area is 80.5 Å². The smallest absolute Gasteiger partial charge is 0.233 e. The maximum atomic E-state index is 11.2. The fraction of sp³-hybridized carbons (Fsp3) is 0.900. The van der Waals surface area contributed by atoms with Gasteiger partial charge in [-0.1, -0.05) is 6.42 Å². The van der Waals surface area contributed by atoms with Crippen molar-refractivity contribution in [1.29, 1.82) is 0 Å². The minimum absolute atomic E-state index is 0.126. The second-order valence-corrected chi connectivity index (χ2v) is 3.97. The zero-order valence-electron chi connectivity index (χ0n) is 8.84. The Bertz CT molecular complexity index is 172. The highest BCUT2D eigenvalue weighted by Crippen LogP contribution is 2.21. The molecule has 0 aromatic rings. The number of amides is 1. The molecule has 3 heteroatoms. The van der Waals surface area contributed by atoms with Crippen LogP contribution < -0.4 is 5.32 Å². The molecule has 0 radical (unpaired) electrons. The van der Waals surface area contributed by atoms with Crippen LogP contribution in [0.1, 0.15) is 33.1 Å².